The number of alkyl halides is 3. The first-order valence-corrected chi connectivity index (χ1v) is 5.40. The Morgan fingerprint density at radius 3 is 2.60 bits per heavy atom. The molecule has 0 fully saturated rings. The fourth-order valence-corrected chi connectivity index (χ4v) is 2.24. The average Bonchev–Trinajstić information content (AvgIpc) is 2.42. The molecule has 2 rings (SSSR count). The van der Waals surface area contributed by atoms with Crippen LogP contribution in [0.3, 0.4) is 0 Å². The largest absolute Gasteiger partial charge is 0.435 e. The van der Waals surface area contributed by atoms with Crippen LogP contribution < -0.4 is 0 Å². The summed E-state index contributed by atoms with van der Waals surface area (Å²) in [6, 6.07) is 0. The van der Waals surface area contributed by atoms with E-state index in [1.165, 1.54) is 6.92 Å². The van der Waals surface area contributed by atoms with Gasteiger partial charge in [0.1, 0.15) is 5.82 Å². The van der Waals surface area contributed by atoms with Gasteiger partial charge in [-0.25, -0.2) is 8.10 Å². The summed E-state index contributed by atoms with van der Waals surface area (Å²) in [4.78, 5) is 3.66. The molecule has 0 atom stereocenters. The van der Waals surface area contributed by atoms with Gasteiger partial charge in [0, 0.05) is 41.6 Å². The molecule has 0 spiro atoms. The average molecular weight is 331 g/mol. The number of nitrogens with zero attached hydrogens (tertiary/aromatic N) is 3. The van der Waals surface area contributed by atoms with Crippen LogP contribution in [0.4, 0.5) is 13.2 Å². The van der Waals surface area contributed by atoms with Gasteiger partial charge in [0.05, 0.1) is 6.54 Å². The Hall–Kier alpha value is -0.310. The van der Waals surface area contributed by atoms with Crippen LogP contribution in [0.15, 0.2) is 0 Å². The standard InChI is InChI=1S/C8H9F3IN3/c1-5-7(8(9,10)11)13-6-4-14(12)2-3-15(5)6/h2-4H2,1H3. The molecule has 7 heteroatoms. The van der Waals surface area contributed by atoms with Crippen molar-refractivity contribution in [2.75, 3.05) is 6.54 Å². The molecule has 0 amide bonds. The van der Waals surface area contributed by atoms with E-state index in [1.54, 1.807) is 4.57 Å². The van der Waals surface area contributed by atoms with Gasteiger partial charge in [-0.3, -0.25) is 0 Å². The smallest absolute Gasteiger partial charge is 0.329 e. The first-order chi connectivity index (χ1) is 6.89. The van der Waals surface area contributed by atoms with Gasteiger partial charge in [-0.2, -0.15) is 13.2 Å². The maximum Gasteiger partial charge on any atom is 0.435 e. The van der Waals surface area contributed by atoms with Crippen LogP contribution in [0.1, 0.15) is 17.2 Å². The molecular weight excluding hydrogens is 322 g/mol. The number of rotatable bonds is 0. The highest BCUT2D eigenvalue weighted by Gasteiger charge is 2.38. The van der Waals surface area contributed by atoms with E-state index in [4.69, 9.17) is 0 Å². The third-order valence-corrected chi connectivity index (χ3v) is 3.27. The molecule has 1 aliphatic rings. The topological polar surface area (TPSA) is 21.1 Å². The van der Waals surface area contributed by atoms with Gasteiger partial charge in [-0.1, -0.05) is 0 Å². The van der Waals surface area contributed by atoms with Gasteiger partial charge in [0.25, 0.3) is 0 Å². The highest BCUT2D eigenvalue weighted by Crippen LogP contribution is 2.32. The monoisotopic (exact) mass is 331 g/mol. The van der Waals surface area contributed by atoms with E-state index in [0.29, 0.717) is 18.9 Å². The summed E-state index contributed by atoms with van der Waals surface area (Å²) in [5.74, 6) is 0.500. The second kappa shape index (κ2) is 3.62. The molecule has 15 heavy (non-hydrogen) atoms. The zero-order valence-corrected chi connectivity index (χ0v) is 10.1. The lowest BCUT2D eigenvalue weighted by atomic mass is 10.3. The highest BCUT2D eigenvalue weighted by molar-refractivity contribution is 14.1. The lowest BCUT2D eigenvalue weighted by molar-refractivity contribution is -0.141. The quantitative estimate of drug-likeness (QED) is 0.538. The van der Waals surface area contributed by atoms with Gasteiger partial charge in [-0.15, -0.1) is 0 Å². The molecule has 0 aromatic carbocycles. The zero-order chi connectivity index (χ0) is 11.2. The summed E-state index contributed by atoms with van der Waals surface area (Å²) in [6.45, 7) is 3.27. The molecule has 0 N–H and O–H groups in total. The number of hydrogen-bond donors (Lipinski definition) is 0. The normalized spacial score (nSPS) is 17.9. The SMILES string of the molecule is Cc1c(C(F)(F)F)nc2n1CCN(I)C2. The lowest BCUT2D eigenvalue weighted by Gasteiger charge is -2.22. The molecule has 0 radical (unpaired) electrons. The van der Waals surface area contributed by atoms with Gasteiger partial charge in [-0.05, 0) is 6.92 Å². The van der Waals surface area contributed by atoms with Crippen molar-refractivity contribution in [3.63, 3.8) is 0 Å². The van der Waals surface area contributed by atoms with Crippen LogP contribution in [0.2, 0.25) is 0 Å². The van der Waals surface area contributed by atoms with Crippen LogP contribution in [0.25, 0.3) is 0 Å². The van der Waals surface area contributed by atoms with E-state index in [2.05, 4.69) is 27.8 Å². The zero-order valence-electron chi connectivity index (χ0n) is 7.97. The first-order valence-electron chi connectivity index (χ1n) is 4.43. The number of hydrogen-bond acceptors (Lipinski definition) is 2. The summed E-state index contributed by atoms with van der Waals surface area (Å²) in [7, 11) is 0. The molecule has 84 valence electrons. The first kappa shape index (κ1) is 11.2. The van der Waals surface area contributed by atoms with Crippen molar-refractivity contribution in [1.29, 1.82) is 0 Å². The van der Waals surface area contributed by atoms with Gasteiger partial charge in [0.15, 0.2) is 5.69 Å². The van der Waals surface area contributed by atoms with E-state index in [0.717, 1.165) is 6.54 Å². The van der Waals surface area contributed by atoms with Gasteiger partial charge in [0.2, 0.25) is 0 Å². The minimum Gasteiger partial charge on any atom is -0.329 e. The van der Waals surface area contributed by atoms with Crippen LogP contribution in [-0.2, 0) is 19.3 Å². The van der Waals surface area contributed by atoms with Gasteiger partial charge < -0.3 is 4.57 Å². The molecule has 0 saturated heterocycles. The molecular formula is C8H9F3IN3. The lowest BCUT2D eigenvalue weighted by Crippen LogP contribution is -2.26. The van der Waals surface area contributed by atoms with E-state index in [-0.39, 0.29) is 5.69 Å². The minimum absolute atomic E-state index is 0.224. The fraction of sp³-hybridized carbons (Fsp3) is 0.625. The second-order valence-electron chi connectivity index (χ2n) is 3.46. The van der Waals surface area contributed by atoms with Crippen LogP contribution in [0.5, 0.6) is 0 Å². The predicted octanol–water partition coefficient (Wildman–Crippen LogP) is 2.38. The molecule has 1 aromatic heterocycles. The van der Waals surface area contributed by atoms with Crippen LogP contribution >= 0.6 is 22.9 Å². The molecule has 0 saturated carbocycles. The number of fused-ring (bicyclic) bond motifs is 1. The fourth-order valence-electron chi connectivity index (χ4n) is 1.72. The highest BCUT2D eigenvalue weighted by atomic mass is 127. The van der Waals surface area contributed by atoms with E-state index in [1.807, 2.05) is 3.11 Å². The summed E-state index contributed by atoms with van der Waals surface area (Å²) < 4.78 is 41.2. The third-order valence-electron chi connectivity index (χ3n) is 2.45. The van der Waals surface area contributed by atoms with E-state index in [9.17, 15) is 13.2 Å². The molecule has 1 aromatic rings. The van der Waals surface area contributed by atoms with Crippen LogP contribution in [0, 0.1) is 6.92 Å². The number of halogens is 4. The summed E-state index contributed by atoms with van der Waals surface area (Å²) in [5, 5.41) is 0. The van der Waals surface area contributed by atoms with Crippen LogP contribution in [-0.4, -0.2) is 19.2 Å². The minimum atomic E-state index is -4.34. The molecule has 0 bridgehead atoms. The molecule has 0 unspecified atom stereocenters. The second-order valence-corrected chi connectivity index (χ2v) is 4.82. The Bertz CT molecular complexity index is 385. The maximum absolute atomic E-state index is 12.5. The third kappa shape index (κ3) is 1.99. The van der Waals surface area contributed by atoms with Crippen molar-refractivity contribution in [2.45, 2.75) is 26.2 Å². The van der Waals surface area contributed by atoms with Gasteiger partial charge >= 0.3 is 6.18 Å². The Balaban J connectivity index is 2.45. The summed E-state index contributed by atoms with van der Waals surface area (Å²) in [5.41, 5.74) is -0.522. The summed E-state index contributed by atoms with van der Waals surface area (Å²) in [6.07, 6.45) is -4.34. The van der Waals surface area contributed by atoms with Crippen molar-refractivity contribution in [3.8, 4) is 0 Å². The Labute approximate surface area is 98.8 Å². The molecule has 0 aliphatic carbocycles. The Kier molecular flexibility index (Phi) is 2.70. The Morgan fingerprint density at radius 1 is 1.33 bits per heavy atom. The molecule has 2 heterocycles. The Morgan fingerprint density at radius 2 is 2.00 bits per heavy atom. The predicted molar refractivity (Wildman–Crippen MR) is 56.4 cm³/mol. The van der Waals surface area contributed by atoms with Crippen molar-refractivity contribution >= 4 is 22.9 Å². The molecule has 1 aliphatic heterocycles. The number of aromatic nitrogens is 2. The summed E-state index contributed by atoms with van der Waals surface area (Å²) >= 11 is 2.09. The maximum atomic E-state index is 12.5. The van der Waals surface area contributed by atoms with Crippen molar-refractivity contribution in [3.05, 3.63) is 17.2 Å². The van der Waals surface area contributed by atoms with Crippen molar-refractivity contribution < 1.29 is 13.2 Å². The van der Waals surface area contributed by atoms with Crippen molar-refractivity contribution in [1.82, 2.24) is 12.7 Å². The van der Waals surface area contributed by atoms with Crippen molar-refractivity contribution in [2.24, 2.45) is 0 Å². The number of imidazole rings is 1. The van der Waals surface area contributed by atoms with E-state index < -0.39 is 11.9 Å². The van der Waals surface area contributed by atoms with E-state index >= 15 is 0 Å². The molecule has 3 nitrogen and oxygen atoms in total.